The van der Waals surface area contributed by atoms with Crippen molar-refractivity contribution in [2.45, 2.75) is 21.7 Å². The average Bonchev–Trinajstić information content (AvgIpc) is 3.11. The van der Waals surface area contributed by atoms with Gasteiger partial charge in [0.1, 0.15) is 6.61 Å². The number of nitro benzene ring substituents is 2. The van der Waals surface area contributed by atoms with Gasteiger partial charge in [-0.2, -0.15) is 0 Å². The molecule has 0 atom stereocenters. The Morgan fingerprint density at radius 1 is 0.755 bits per heavy atom. The van der Waals surface area contributed by atoms with Gasteiger partial charge in [-0.3, -0.25) is 25.0 Å². The van der Waals surface area contributed by atoms with E-state index in [1.165, 1.54) is 78.9 Å². The molecule has 0 saturated carbocycles. The van der Waals surface area contributed by atoms with E-state index in [-0.39, 0.29) is 150 Å². The van der Waals surface area contributed by atoms with Gasteiger partial charge in [0.25, 0.3) is 26.5 Å². The number of benzene rings is 4. The van der Waals surface area contributed by atoms with Crippen LogP contribution in [0.25, 0.3) is 20.9 Å². The minimum Gasteiger partial charge on any atom is -1.00 e. The van der Waals surface area contributed by atoms with Crippen molar-refractivity contribution < 1.29 is 156 Å². The molecular weight excluding hydrogens is 867 g/mol. The number of aromatic hydroxyl groups is 1. The number of sulfonamides is 2. The number of nitro groups is 2. The number of carbonyl (C=O) groups excluding carboxylic acids is 1. The third-order valence-electron chi connectivity index (χ3n) is 5.46. The second-order valence-corrected chi connectivity index (χ2v) is 12.4. The number of azide groups is 2. The first-order valence-corrected chi connectivity index (χ1v) is 17.0. The molecule has 4 rings (SSSR count). The van der Waals surface area contributed by atoms with E-state index in [1.54, 1.807) is 18.2 Å². The van der Waals surface area contributed by atoms with E-state index in [0.717, 1.165) is 5.56 Å². The van der Waals surface area contributed by atoms with E-state index in [4.69, 9.17) is 31.0 Å². The van der Waals surface area contributed by atoms with Gasteiger partial charge in [0.05, 0.1) is 19.6 Å². The number of halogens is 1. The van der Waals surface area contributed by atoms with Crippen LogP contribution in [0, 0.1) is 20.2 Å². The van der Waals surface area contributed by atoms with Gasteiger partial charge in [0.2, 0.25) is 0 Å². The molecule has 0 radical (unpaired) electrons. The van der Waals surface area contributed by atoms with Crippen molar-refractivity contribution in [3.05, 3.63) is 149 Å². The van der Waals surface area contributed by atoms with Crippen LogP contribution in [0.2, 0.25) is 0 Å². The molecule has 0 bridgehead atoms. The van der Waals surface area contributed by atoms with Crippen molar-refractivity contribution in [3.63, 3.8) is 0 Å². The Morgan fingerprint density at radius 3 is 1.51 bits per heavy atom. The van der Waals surface area contributed by atoms with E-state index in [2.05, 4.69) is 39.7 Å². The number of nitrogens with zero attached hydrogens (tertiary/aromatic N) is 8. The Labute approximate surface area is 395 Å². The molecule has 4 aromatic carbocycles. The summed E-state index contributed by atoms with van der Waals surface area (Å²) in [5.74, 6) is -0.184. The number of alkyl halides is 1. The summed E-state index contributed by atoms with van der Waals surface area (Å²) < 4.78 is 56.3. The summed E-state index contributed by atoms with van der Waals surface area (Å²) in [5.41, 5.74) is 17.4. The molecule has 270 valence electrons. The number of hydrogen-bond donors (Lipinski definition) is 1. The minimum atomic E-state index is -4.03. The Balaban J connectivity index is -0.000000720. The average molecular weight is 890 g/mol. The van der Waals surface area contributed by atoms with Crippen LogP contribution in [0.4, 0.5) is 11.4 Å². The Morgan fingerprint density at radius 2 is 1.15 bits per heavy atom. The van der Waals surface area contributed by atoms with Crippen LogP contribution in [-0.4, -0.2) is 38.3 Å². The van der Waals surface area contributed by atoms with Gasteiger partial charge >= 0.3 is 114 Å². The largest absolute Gasteiger partial charge is 1.00 e. The fourth-order valence-corrected chi connectivity index (χ4v) is 4.92. The Bertz CT molecular complexity index is 2130. The second kappa shape index (κ2) is 27.5. The number of phenolic OH excluding ortho intramolecular Hbond substituents is 1. The number of rotatable bonds is 11. The van der Waals surface area contributed by atoms with Gasteiger partial charge in [0, 0.05) is 36.3 Å². The number of phenols is 1. The van der Waals surface area contributed by atoms with Gasteiger partial charge in [-0.05, 0) is 58.6 Å². The summed E-state index contributed by atoms with van der Waals surface area (Å²) in [5, 5.41) is 38.9. The topological polar surface area (TPSA) is 331 Å². The van der Waals surface area contributed by atoms with Crippen LogP contribution in [0.1, 0.15) is 12.6 Å². The number of ether oxygens (including phenoxy) is 1. The molecule has 0 amide bonds. The van der Waals surface area contributed by atoms with Crippen molar-refractivity contribution in [1.82, 2.24) is 0 Å². The molecule has 0 fully saturated rings. The molecular formula is C27H23BrK2N8O13S2. The maximum Gasteiger partial charge on any atom is 1.00 e. The number of carbonyl (C=O) groups is 1. The molecule has 4 aromatic rings. The quantitative estimate of drug-likeness (QED) is 0.0231. The maximum atomic E-state index is 11.5. The zero-order chi connectivity index (χ0) is 38.5. The number of para-hydroxylation sites is 4. The van der Waals surface area contributed by atoms with Crippen molar-refractivity contribution in [1.29, 1.82) is 0 Å². The maximum absolute atomic E-state index is 11.5. The summed E-state index contributed by atoms with van der Waals surface area (Å²) in [6.07, 6.45) is 0. The van der Waals surface area contributed by atoms with Crippen LogP contribution < -0.4 is 113 Å². The van der Waals surface area contributed by atoms with E-state index in [1.807, 2.05) is 0 Å². The minimum absolute atomic E-state index is 0. The van der Waals surface area contributed by atoms with Gasteiger partial charge in [-0.25, -0.2) is 16.8 Å². The summed E-state index contributed by atoms with van der Waals surface area (Å²) in [4.78, 5) is 35.4. The van der Waals surface area contributed by atoms with Gasteiger partial charge in [0.15, 0.2) is 11.5 Å². The SMILES string of the molecule is O=CO[O-].O=[N+]([O-])c1ccccc1O.[H-].[K+].[K+].[N-]=[N+]=NS(=O)(=O)c1ccc(CBr)cc1.[N-]=[N+]=NS(=O)(=O)c1ccc(COc2ccccc2[N+](=O)[O-])cc1. The Kier molecular flexibility index (Phi) is 27.1. The summed E-state index contributed by atoms with van der Waals surface area (Å²) in [7, 11) is -7.88. The fraction of sp³-hybridized carbons (Fsp3) is 0.0741. The second-order valence-electron chi connectivity index (χ2n) is 8.67. The smallest absolute Gasteiger partial charge is 1.00 e. The van der Waals surface area contributed by atoms with Gasteiger partial charge in [-0.15, -0.1) is 0 Å². The molecule has 0 aliphatic rings. The molecule has 0 spiro atoms. The molecule has 1 N–H and O–H groups in total. The Hall–Kier alpha value is -3.02. The zero-order valence-electron chi connectivity index (χ0n) is 28.3. The zero-order valence-corrected chi connectivity index (χ0v) is 36.8. The number of hydrogen-bond acceptors (Lipinski definition) is 13. The first-order valence-electron chi connectivity index (χ1n) is 13.0. The van der Waals surface area contributed by atoms with Gasteiger partial charge < -0.3 is 21.4 Å². The van der Waals surface area contributed by atoms with Crippen LogP contribution >= 0.6 is 15.9 Å². The van der Waals surface area contributed by atoms with Crippen LogP contribution in [0.15, 0.2) is 116 Å². The van der Waals surface area contributed by atoms with Crippen molar-refractivity contribution in [2.75, 3.05) is 0 Å². The van der Waals surface area contributed by atoms with Crippen molar-refractivity contribution >= 4 is 53.8 Å². The predicted octanol–water partition coefficient (Wildman–Crippen LogP) is -0.391. The summed E-state index contributed by atoms with van der Waals surface area (Å²) in [6, 6.07) is 23.0. The fourth-order valence-electron chi connectivity index (χ4n) is 3.21. The summed E-state index contributed by atoms with van der Waals surface area (Å²) in [6.45, 7) is -0.160. The summed E-state index contributed by atoms with van der Waals surface area (Å²) >= 11 is 3.23. The van der Waals surface area contributed by atoms with E-state index < -0.39 is 29.9 Å². The third kappa shape index (κ3) is 19.2. The van der Waals surface area contributed by atoms with Crippen LogP contribution in [-0.2, 0) is 41.7 Å². The molecule has 0 aromatic heterocycles. The molecule has 0 aliphatic carbocycles. The van der Waals surface area contributed by atoms with Gasteiger partial charge in [-0.1, -0.05) is 64.5 Å². The first kappa shape index (κ1) is 52.1. The monoisotopic (exact) mass is 888 g/mol. The van der Waals surface area contributed by atoms with Crippen molar-refractivity contribution in [3.8, 4) is 11.5 Å². The standard InChI is InChI=1S/C13H10N4O5S.C7H6BrN3O2S.C6H5NO3.CH2O3.2K.H/c14-15-16-23(20,21)11-7-5-10(6-8-11)9-22-13-4-2-1-3-12(13)17(18)19;8-5-6-1-3-7(4-2-6)14(12,13)11-10-9;8-6-4-2-1-3-5(6)7(9)10;2-1-4-3;;;/h1-8H,9H2;1-4H,5H2;1-4,8H;1,3H;;;/q;;;;2*+1;-1/p-1. The molecule has 0 heterocycles. The van der Waals surface area contributed by atoms with Crippen LogP contribution in [0.5, 0.6) is 11.5 Å². The van der Waals surface area contributed by atoms with Crippen LogP contribution in [0.3, 0.4) is 0 Å². The predicted molar refractivity (Wildman–Crippen MR) is 179 cm³/mol. The molecule has 0 saturated heterocycles. The molecule has 53 heavy (non-hydrogen) atoms. The normalized spacial score (nSPS) is 9.55. The first-order chi connectivity index (χ1) is 24.2. The van der Waals surface area contributed by atoms with E-state index >= 15 is 0 Å². The van der Waals surface area contributed by atoms with E-state index in [9.17, 15) is 37.1 Å². The van der Waals surface area contributed by atoms with E-state index in [0.29, 0.717) is 10.9 Å². The van der Waals surface area contributed by atoms with Crippen molar-refractivity contribution in [2.24, 2.45) is 9.04 Å². The molecule has 26 heteroatoms. The molecule has 21 nitrogen and oxygen atoms in total. The molecule has 0 unspecified atom stereocenters. The third-order valence-corrected chi connectivity index (χ3v) is 8.42. The molecule has 0 aliphatic heterocycles.